The van der Waals surface area contributed by atoms with Crippen LogP contribution in [0.5, 0.6) is 23.0 Å². The number of carbonyl (C=O) groups excluding carboxylic acids is 1. The van der Waals surface area contributed by atoms with Gasteiger partial charge in [-0.15, -0.1) is 11.3 Å². The van der Waals surface area contributed by atoms with Crippen LogP contribution in [0.25, 0.3) is 16.6 Å². The second-order valence-electron chi connectivity index (χ2n) is 6.09. The second-order valence-corrected chi connectivity index (χ2v) is 6.94. The van der Waals surface area contributed by atoms with Crippen LogP contribution >= 0.6 is 11.3 Å². The molecule has 0 saturated heterocycles. The Balaban J connectivity index is 1.60. The molecule has 8 heteroatoms. The van der Waals surface area contributed by atoms with E-state index >= 15 is 0 Å². The van der Waals surface area contributed by atoms with Gasteiger partial charge in [-0.25, -0.2) is 9.78 Å². The molecule has 30 heavy (non-hydrogen) atoms. The van der Waals surface area contributed by atoms with E-state index in [0.717, 1.165) is 10.6 Å². The Morgan fingerprint density at radius 2 is 1.80 bits per heavy atom. The fourth-order valence-corrected chi connectivity index (χ4v) is 3.43. The Kier molecular flexibility index (Phi) is 6.92. The smallest absolute Gasteiger partial charge is 0.331 e. The number of aromatic hydroxyl groups is 1. The van der Waals surface area contributed by atoms with Gasteiger partial charge in [0, 0.05) is 17.0 Å². The topological polar surface area (TPSA) is 87.1 Å². The number of thiazole rings is 1. The predicted octanol–water partition coefficient (Wildman–Crippen LogP) is 4.30. The minimum Gasteiger partial charge on any atom is -0.504 e. The van der Waals surface area contributed by atoms with Crippen LogP contribution < -0.4 is 14.2 Å². The lowest BCUT2D eigenvalue weighted by Crippen LogP contribution is -2.01. The molecule has 0 aliphatic carbocycles. The summed E-state index contributed by atoms with van der Waals surface area (Å²) in [5.74, 6) is 1.13. The molecule has 156 valence electrons. The van der Waals surface area contributed by atoms with Crippen LogP contribution in [0.15, 0.2) is 47.9 Å². The van der Waals surface area contributed by atoms with Crippen molar-refractivity contribution in [3.63, 3.8) is 0 Å². The highest BCUT2D eigenvalue weighted by Gasteiger charge is 2.10. The lowest BCUT2D eigenvalue weighted by Gasteiger charge is -2.08. The minimum atomic E-state index is -0.497. The number of benzene rings is 2. The maximum absolute atomic E-state index is 12.0. The quantitative estimate of drug-likeness (QED) is 0.424. The van der Waals surface area contributed by atoms with Crippen molar-refractivity contribution >= 4 is 23.4 Å². The number of carbonyl (C=O) groups is 1. The molecule has 0 fully saturated rings. The van der Waals surface area contributed by atoms with Gasteiger partial charge in [-0.1, -0.05) is 6.07 Å². The van der Waals surface area contributed by atoms with Crippen molar-refractivity contribution < 1.29 is 28.8 Å². The molecule has 3 aromatic rings. The summed E-state index contributed by atoms with van der Waals surface area (Å²) >= 11 is 1.45. The van der Waals surface area contributed by atoms with E-state index in [4.69, 9.17) is 18.9 Å². The maximum atomic E-state index is 12.0. The zero-order valence-electron chi connectivity index (χ0n) is 16.7. The molecule has 0 atom stereocenters. The van der Waals surface area contributed by atoms with E-state index in [-0.39, 0.29) is 12.4 Å². The molecule has 0 radical (unpaired) electrons. The Labute approximate surface area is 178 Å². The minimum absolute atomic E-state index is 0.0334. The van der Waals surface area contributed by atoms with Crippen molar-refractivity contribution in [1.82, 2.24) is 4.98 Å². The highest BCUT2D eigenvalue weighted by atomic mass is 32.1. The van der Waals surface area contributed by atoms with Crippen LogP contribution in [0.4, 0.5) is 0 Å². The summed E-state index contributed by atoms with van der Waals surface area (Å²) in [4.78, 5) is 16.5. The van der Waals surface area contributed by atoms with Crippen LogP contribution in [0.1, 0.15) is 11.3 Å². The van der Waals surface area contributed by atoms with Crippen LogP contribution in [-0.4, -0.2) is 37.4 Å². The van der Waals surface area contributed by atoms with E-state index in [9.17, 15) is 9.90 Å². The normalized spacial score (nSPS) is 10.8. The SMILES string of the molecule is COc1cc(/C=C/C(=O)OCc2csc(-c3ccc(OC)c(OC)c3)n2)ccc1O. The molecule has 0 aliphatic rings. The molecule has 7 nitrogen and oxygen atoms in total. The maximum Gasteiger partial charge on any atom is 0.331 e. The Hall–Kier alpha value is -3.52. The van der Waals surface area contributed by atoms with Gasteiger partial charge in [-0.2, -0.15) is 0 Å². The van der Waals surface area contributed by atoms with Gasteiger partial charge < -0.3 is 24.1 Å². The number of ether oxygens (including phenoxy) is 4. The molecule has 0 spiro atoms. The summed E-state index contributed by atoms with van der Waals surface area (Å²) in [7, 11) is 4.62. The number of nitrogens with zero attached hydrogens (tertiary/aromatic N) is 1. The first-order chi connectivity index (χ1) is 14.5. The predicted molar refractivity (Wildman–Crippen MR) is 114 cm³/mol. The van der Waals surface area contributed by atoms with E-state index < -0.39 is 5.97 Å². The molecule has 0 aliphatic heterocycles. The first kappa shape index (κ1) is 21.2. The number of methoxy groups -OCH3 is 3. The van der Waals surface area contributed by atoms with E-state index in [0.29, 0.717) is 28.5 Å². The first-order valence-corrected chi connectivity index (χ1v) is 9.80. The Morgan fingerprint density at radius 3 is 2.53 bits per heavy atom. The molecule has 0 bridgehead atoms. The van der Waals surface area contributed by atoms with Gasteiger partial charge >= 0.3 is 5.97 Å². The number of esters is 1. The third kappa shape index (κ3) is 5.09. The molecular formula is C22H21NO6S. The number of phenols is 1. The summed E-state index contributed by atoms with van der Waals surface area (Å²) in [6.45, 7) is 0.0614. The summed E-state index contributed by atoms with van der Waals surface area (Å²) < 4.78 is 20.9. The second kappa shape index (κ2) is 9.80. The highest BCUT2D eigenvalue weighted by Crippen LogP contribution is 2.33. The van der Waals surface area contributed by atoms with Gasteiger partial charge in [-0.3, -0.25) is 0 Å². The summed E-state index contributed by atoms with van der Waals surface area (Å²) in [6.07, 6.45) is 2.90. The zero-order chi connectivity index (χ0) is 21.5. The van der Waals surface area contributed by atoms with Crippen molar-refractivity contribution in [2.75, 3.05) is 21.3 Å². The van der Waals surface area contributed by atoms with Crippen molar-refractivity contribution in [2.24, 2.45) is 0 Å². The van der Waals surface area contributed by atoms with Gasteiger partial charge in [0.15, 0.2) is 23.0 Å². The first-order valence-electron chi connectivity index (χ1n) is 8.92. The lowest BCUT2D eigenvalue weighted by molar-refractivity contribution is -0.139. The molecule has 0 saturated carbocycles. The molecule has 2 aromatic carbocycles. The van der Waals surface area contributed by atoms with Crippen molar-refractivity contribution in [3.05, 3.63) is 59.1 Å². The van der Waals surface area contributed by atoms with Crippen molar-refractivity contribution in [3.8, 4) is 33.6 Å². The third-order valence-electron chi connectivity index (χ3n) is 4.16. The van der Waals surface area contributed by atoms with Crippen LogP contribution in [0.2, 0.25) is 0 Å². The zero-order valence-corrected chi connectivity index (χ0v) is 17.6. The van der Waals surface area contributed by atoms with Gasteiger partial charge in [0.1, 0.15) is 11.6 Å². The molecular weight excluding hydrogens is 406 g/mol. The van der Waals surface area contributed by atoms with Crippen molar-refractivity contribution in [1.29, 1.82) is 0 Å². The van der Waals surface area contributed by atoms with Gasteiger partial charge in [0.25, 0.3) is 0 Å². The number of phenolic OH excluding ortho intramolecular Hbond substituents is 1. The molecule has 0 amide bonds. The van der Waals surface area contributed by atoms with E-state index in [1.807, 2.05) is 23.6 Å². The van der Waals surface area contributed by atoms with Crippen molar-refractivity contribution in [2.45, 2.75) is 6.61 Å². The summed E-state index contributed by atoms with van der Waals surface area (Å²) in [6, 6.07) is 10.3. The lowest BCUT2D eigenvalue weighted by atomic mass is 10.2. The number of hydrogen-bond donors (Lipinski definition) is 1. The number of aromatic nitrogens is 1. The van der Waals surface area contributed by atoms with Crippen LogP contribution in [-0.2, 0) is 16.1 Å². The van der Waals surface area contributed by atoms with Crippen LogP contribution in [0.3, 0.4) is 0 Å². The average molecular weight is 427 g/mol. The largest absolute Gasteiger partial charge is 0.504 e. The van der Waals surface area contributed by atoms with E-state index in [1.165, 1.54) is 30.6 Å². The molecule has 1 N–H and O–H groups in total. The Morgan fingerprint density at radius 1 is 1.03 bits per heavy atom. The molecule has 1 aromatic heterocycles. The van der Waals surface area contributed by atoms with Gasteiger partial charge in [0.05, 0.1) is 27.0 Å². The molecule has 0 unspecified atom stereocenters. The van der Waals surface area contributed by atoms with E-state index in [1.54, 1.807) is 32.4 Å². The summed E-state index contributed by atoms with van der Waals surface area (Å²) in [5, 5.41) is 12.2. The Bertz CT molecular complexity index is 1060. The fourth-order valence-electron chi connectivity index (χ4n) is 2.63. The third-order valence-corrected chi connectivity index (χ3v) is 5.10. The standard InChI is InChI=1S/C22H21NO6S/c1-26-18-8-6-15(11-20(18)28-3)22-23-16(13-30-22)12-29-21(25)9-5-14-4-7-17(24)19(10-14)27-2/h4-11,13,24H,12H2,1-3H3/b9-5+. The summed E-state index contributed by atoms with van der Waals surface area (Å²) in [5.41, 5.74) is 2.24. The van der Waals surface area contributed by atoms with Gasteiger partial charge in [-0.05, 0) is 42.0 Å². The highest BCUT2D eigenvalue weighted by molar-refractivity contribution is 7.13. The fraction of sp³-hybridized carbons (Fsp3) is 0.182. The average Bonchev–Trinajstić information content (AvgIpc) is 3.25. The monoisotopic (exact) mass is 427 g/mol. The van der Waals surface area contributed by atoms with Gasteiger partial charge in [0.2, 0.25) is 0 Å². The molecule has 3 rings (SSSR count). The van der Waals surface area contributed by atoms with E-state index in [2.05, 4.69) is 4.98 Å². The number of hydrogen-bond acceptors (Lipinski definition) is 8. The van der Waals surface area contributed by atoms with Crippen LogP contribution in [0, 0.1) is 0 Å². The number of rotatable bonds is 8. The molecule has 1 heterocycles.